The van der Waals surface area contributed by atoms with Crippen LogP contribution >= 0.6 is 0 Å². The lowest BCUT2D eigenvalue weighted by atomic mass is 9.99. The Bertz CT molecular complexity index is 213. The molecule has 0 saturated carbocycles. The molecule has 0 aromatic heterocycles. The van der Waals surface area contributed by atoms with Crippen molar-refractivity contribution in [1.29, 1.82) is 0 Å². The maximum Gasteiger partial charge on any atom is 0.234 e. The van der Waals surface area contributed by atoms with E-state index < -0.39 is 0 Å². The second-order valence-electron chi connectivity index (χ2n) is 4.30. The van der Waals surface area contributed by atoms with Crippen molar-refractivity contribution in [2.45, 2.75) is 37.8 Å². The van der Waals surface area contributed by atoms with Gasteiger partial charge in [-0.3, -0.25) is 9.69 Å². The number of likely N-dealkylation sites (tertiary alicyclic amines) is 1. The summed E-state index contributed by atoms with van der Waals surface area (Å²) >= 11 is 0. The van der Waals surface area contributed by atoms with Gasteiger partial charge in [-0.1, -0.05) is 6.42 Å². The molecule has 2 saturated heterocycles. The first kappa shape index (κ1) is 9.93. The van der Waals surface area contributed by atoms with Gasteiger partial charge in [0.25, 0.3) is 0 Å². The SMILES string of the molecule is NC(=O)C1CCCCN1[C@H]1CCNC1. The maximum atomic E-state index is 11.3. The summed E-state index contributed by atoms with van der Waals surface area (Å²) in [5.74, 6) is -0.142. The minimum atomic E-state index is -0.142. The Morgan fingerprint density at radius 2 is 2.21 bits per heavy atom. The van der Waals surface area contributed by atoms with Gasteiger partial charge in [-0.15, -0.1) is 0 Å². The predicted octanol–water partition coefficient (Wildman–Crippen LogP) is -0.312. The lowest BCUT2D eigenvalue weighted by molar-refractivity contribution is -0.125. The van der Waals surface area contributed by atoms with Crippen molar-refractivity contribution in [3.63, 3.8) is 0 Å². The summed E-state index contributed by atoms with van der Waals surface area (Å²) in [6.07, 6.45) is 4.46. The number of carbonyl (C=O) groups excluding carboxylic acids is 1. The molecule has 2 heterocycles. The van der Waals surface area contributed by atoms with Gasteiger partial charge in [-0.05, 0) is 32.4 Å². The monoisotopic (exact) mass is 197 g/mol. The normalized spacial score (nSPS) is 34.6. The number of nitrogens with two attached hydrogens (primary N) is 1. The van der Waals surface area contributed by atoms with Crippen molar-refractivity contribution in [3.8, 4) is 0 Å². The molecule has 2 aliphatic heterocycles. The first-order chi connectivity index (χ1) is 6.79. The molecule has 2 fully saturated rings. The standard InChI is InChI=1S/C10H19N3O/c11-10(14)9-3-1-2-6-13(9)8-4-5-12-7-8/h8-9,12H,1-7H2,(H2,11,14)/t8-,9?/m0/s1. The molecule has 2 atom stereocenters. The van der Waals surface area contributed by atoms with Crippen LogP contribution < -0.4 is 11.1 Å². The van der Waals surface area contributed by atoms with Crippen LogP contribution in [-0.2, 0) is 4.79 Å². The van der Waals surface area contributed by atoms with E-state index in [4.69, 9.17) is 5.73 Å². The molecule has 14 heavy (non-hydrogen) atoms. The van der Waals surface area contributed by atoms with Crippen LogP contribution in [0, 0.1) is 0 Å². The third-order valence-corrected chi connectivity index (χ3v) is 3.38. The zero-order chi connectivity index (χ0) is 9.97. The van der Waals surface area contributed by atoms with Gasteiger partial charge in [-0.25, -0.2) is 0 Å². The second kappa shape index (κ2) is 4.28. The van der Waals surface area contributed by atoms with Crippen molar-refractivity contribution in [3.05, 3.63) is 0 Å². The van der Waals surface area contributed by atoms with Crippen LogP contribution in [0.2, 0.25) is 0 Å². The Labute approximate surface area is 84.8 Å². The quantitative estimate of drug-likeness (QED) is 0.638. The van der Waals surface area contributed by atoms with E-state index >= 15 is 0 Å². The van der Waals surface area contributed by atoms with Gasteiger partial charge < -0.3 is 11.1 Å². The van der Waals surface area contributed by atoms with Crippen molar-refractivity contribution in [1.82, 2.24) is 10.2 Å². The summed E-state index contributed by atoms with van der Waals surface area (Å²) in [6, 6.07) is 0.529. The van der Waals surface area contributed by atoms with Gasteiger partial charge in [0.15, 0.2) is 0 Å². The fourth-order valence-electron chi connectivity index (χ4n) is 2.62. The number of rotatable bonds is 2. The van der Waals surface area contributed by atoms with Crippen LogP contribution in [0.5, 0.6) is 0 Å². The Kier molecular flexibility index (Phi) is 3.03. The van der Waals surface area contributed by atoms with Crippen molar-refractivity contribution in [2.24, 2.45) is 5.73 Å². The molecule has 4 nitrogen and oxygen atoms in total. The van der Waals surface area contributed by atoms with E-state index in [2.05, 4.69) is 10.2 Å². The van der Waals surface area contributed by atoms with Crippen LogP contribution in [0.3, 0.4) is 0 Å². The molecule has 2 rings (SSSR count). The van der Waals surface area contributed by atoms with Crippen LogP contribution in [0.1, 0.15) is 25.7 Å². The third kappa shape index (κ3) is 1.91. The zero-order valence-electron chi connectivity index (χ0n) is 8.54. The van der Waals surface area contributed by atoms with Gasteiger partial charge in [0.05, 0.1) is 6.04 Å². The van der Waals surface area contributed by atoms with Crippen LogP contribution in [-0.4, -0.2) is 42.5 Å². The van der Waals surface area contributed by atoms with Gasteiger partial charge >= 0.3 is 0 Å². The Hall–Kier alpha value is -0.610. The van der Waals surface area contributed by atoms with E-state index in [0.717, 1.165) is 38.9 Å². The molecule has 0 spiro atoms. The number of nitrogens with one attached hydrogen (secondary N) is 1. The second-order valence-corrected chi connectivity index (χ2v) is 4.30. The van der Waals surface area contributed by atoms with Gasteiger partial charge in [-0.2, -0.15) is 0 Å². The fraction of sp³-hybridized carbons (Fsp3) is 0.900. The molecule has 3 N–H and O–H groups in total. The minimum absolute atomic E-state index is 0.00588. The number of primary amides is 1. The topological polar surface area (TPSA) is 58.4 Å². The zero-order valence-corrected chi connectivity index (χ0v) is 8.54. The summed E-state index contributed by atoms with van der Waals surface area (Å²) < 4.78 is 0. The Balaban J connectivity index is 2.01. The van der Waals surface area contributed by atoms with E-state index in [-0.39, 0.29) is 11.9 Å². The first-order valence-electron chi connectivity index (χ1n) is 5.55. The van der Waals surface area contributed by atoms with Gasteiger partial charge in [0.1, 0.15) is 0 Å². The van der Waals surface area contributed by atoms with Crippen molar-refractivity contribution in [2.75, 3.05) is 19.6 Å². The molecular weight excluding hydrogens is 178 g/mol. The molecule has 0 radical (unpaired) electrons. The minimum Gasteiger partial charge on any atom is -0.368 e. The van der Waals surface area contributed by atoms with Crippen molar-refractivity contribution >= 4 is 5.91 Å². The molecule has 4 heteroatoms. The average Bonchev–Trinajstić information content (AvgIpc) is 2.70. The summed E-state index contributed by atoms with van der Waals surface area (Å²) in [6.45, 7) is 3.14. The number of hydrogen-bond acceptors (Lipinski definition) is 3. The lowest BCUT2D eigenvalue weighted by Crippen LogP contribution is -2.52. The summed E-state index contributed by atoms with van der Waals surface area (Å²) in [5.41, 5.74) is 5.42. The molecule has 0 aromatic rings. The largest absolute Gasteiger partial charge is 0.368 e. The van der Waals surface area contributed by atoms with E-state index in [9.17, 15) is 4.79 Å². The smallest absolute Gasteiger partial charge is 0.234 e. The number of amides is 1. The Morgan fingerprint density at radius 1 is 1.36 bits per heavy atom. The molecule has 2 aliphatic rings. The number of piperidine rings is 1. The van der Waals surface area contributed by atoms with Gasteiger partial charge in [0, 0.05) is 12.6 Å². The van der Waals surface area contributed by atoms with Crippen molar-refractivity contribution < 1.29 is 4.79 Å². The molecule has 1 unspecified atom stereocenters. The first-order valence-corrected chi connectivity index (χ1v) is 5.55. The highest BCUT2D eigenvalue weighted by Crippen LogP contribution is 2.21. The highest BCUT2D eigenvalue weighted by molar-refractivity contribution is 5.80. The fourth-order valence-corrected chi connectivity index (χ4v) is 2.62. The summed E-state index contributed by atoms with van der Waals surface area (Å²) in [5, 5.41) is 3.34. The highest BCUT2D eigenvalue weighted by Gasteiger charge is 2.33. The van der Waals surface area contributed by atoms with E-state index in [0.29, 0.717) is 6.04 Å². The number of hydrogen-bond donors (Lipinski definition) is 2. The number of nitrogens with zero attached hydrogens (tertiary/aromatic N) is 1. The highest BCUT2D eigenvalue weighted by atomic mass is 16.1. The van der Waals surface area contributed by atoms with Crippen LogP contribution in [0.15, 0.2) is 0 Å². The van der Waals surface area contributed by atoms with Gasteiger partial charge in [0.2, 0.25) is 5.91 Å². The van der Waals surface area contributed by atoms with E-state index in [1.807, 2.05) is 0 Å². The van der Waals surface area contributed by atoms with Crippen LogP contribution in [0.4, 0.5) is 0 Å². The summed E-state index contributed by atoms with van der Waals surface area (Å²) in [4.78, 5) is 13.6. The molecule has 1 amide bonds. The van der Waals surface area contributed by atoms with E-state index in [1.165, 1.54) is 6.42 Å². The molecule has 0 bridgehead atoms. The maximum absolute atomic E-state index is 11.3. The lowest BCUT2D eigenvalue weighted by Gasteiger charge is -2.37. The summed E-state index contributed by atoms with van der Waals surface area (Å²) in [7, 11) is 0. The predicted molar refractivity (Wildman–Crippen MR) is 54.8 cm³/mol. The van der Waals surface area contributed by atoms with Crippen LogP contribution in [0.25, 0.3) is 0 Å². The molecule has 80 valence electrons. The number of carbonyl (C=O) groups is 1. The molecule has 0 aromatic carbocycles. The molecular formula is C10H19N3O. The third-order valence-electron chi connectivity index (χ3n) is 3.38. The van der Waals surface area contributed by atoms with E-state index in [1.54, 1.807) is 0 Å². The Morgan fingerprint density at radius 3 is 2.86 bits per heavy atom. The molecule has 0 aliphatic carbocycles. The average molecular weight is 197 g/mol.